The van der Waals surface area contributed by atoms with Gasteiger partial charge in [0.05, 0.1) is 19.6 Å². The minimum Gasteiger partial charge on any atom is -0.469 e. The van der Waals surface area contributed by atoms with Crippen molar-refractivity contribution in [3.8, 4) is 0 Å². The summed E-state index contributed by atoms with van der Waals surface area (Å²) in [5.41, 5.74) is 0. The molecule has 1 aliphatic rings. The van der Waals surface area contributed by atoms with E-state index in [1.165, 1.54) is 7.11 Å². The highest BCUT2D eigenvalue weighted by Crippen LogP contribution is 2.00. The van der Waals surface area contributed by atoms with Crippen LogP contribution in [0.25, 0.3) is 0 Å². The van der Waals surface area contributed by atoms with Gasteiger partial charge in [-0.1, -0.05) is 0 Å². The molecule has 0 aliphatic carbocycles. The van der Waals surface area contributed by atoms with Gasteiger partial charge in [-0.25, -0.2) is 0 Å². The van der Waals surface area contributed by atoms with Crippen molar-refractivity contribution >= 4 is 11.9 Å². The number of hydrogen-bond acceptors (Lipinski definition) is 4. The lowest BCUT2D eigenvalue weighted by molar-refractivity contribution is -0.143. The summed E-state index contributed by atoms with van der Waals surface area (Å²) in [6, 6.07) is -0.315. The van der Waals surface area contributed by atoms with Crippen molar-refractivity contribution in [3.05, 3.63) is 0 Å². The van der Waals surface area contributed by atoms with Gasteiger partial charge in [-0.05, 0) is 6.92 Å². The van der Waals surface area contributed by atoms with E-state index in [9.17, 15) is 9.59 Å². The second-order valence-electron chi connectivity index (χ2n) is 3.15. The first-order chi connectivity index (χ1) is 6.13. The van der Waals surface area contributed by atoms with Crippen molar-refractivity contribution in [1.29, 1.82) is 0 Å². The Morgan fingerprint density at radius 3 is 2.92 bits per heavy atom. The van der Waals surface area contributed by atoms with E-state index < -0.39 is 6.04 Å². The molecule has 0 aromatic carbocycles. The fourth-order valence-electron chi connectivity index (χ4n) is 1.22. The van der Waals surface area contributed by atoms with Crippen LogP contribution < -0.4 is 10.6 Å². The first-order valence-corrected chi connectivity index (χ1v) is 4.24. The fourth-order valence-corrected chi connectivity index (χ4v) is 1.22. The molecule has 0 saturated carbocycles. The number of ether oxygens (including phenoxy) is 1. The Bertz CT molecular complexity index is 217. The van der Waals surface area contributed by atoms with E-state index in [1.54, 1.807) is 0 Å². The van der Waals surface area contributed by atoms with Crippen molar-refractivity contribution < 1.29 is 14.3 Å². The van der Waals surface area contributed by atoms with E-state index >= 15 is 0 Å². The van der Waals surface area contributed by atoms with Gasteiger partial charge in [0.15, 0.2) is 0 Å². The van der Waals surface area contributed by atoms with Crippen molar-refractivity contribution in [2.75, 3.05) is 13.7 Å². The first-order valence-electron chi connectivity index (χ1n) is 4.24. The van der Waals surface area contributed by atoms with Gasteiger partial charge in [-0.2, -0.15) is 0 Å². The molecule has 1 amide bonds. The average molecular weight is 186 g/mol. The van der Waals surface area contributed by atoms with Crippen molar-refractivity contribution in [2.45, 2.75) is 25.4 Å². The third kappa shape index (κ3) is 2.69. The topological polar surface area (TPSA) is 67.4 Å². The Morgan fingerprint density at radius 2 is 2.38 bits per heavy atom. The number of amides is 1. The number of methoxy groups -OCH3 is 1. The van der Waals surface area contributed by atoms with Gasteiger partial charge in [0.25, 0.3) is 0 Å². The SMILES string of the molecule is COC(=O)C[C@H]1NC[C@H](C)NC1=O. The number of nitrogens with one attached hydrogen (secondary N) is 2. The average Bonchev–Trinajstić information content (AvgIpc) is 2.09. The summed E-state index contributed by atoms with van der Waals surface area (Å²) >= 11 is 0. The molecular weight excluding hydrogens is 172 g/mol. The van der Waals surface area contributed by atoms with Crippen LogP contribution in [0.3, 0.4) is 0 Å². The van der Waals surface area contributed by atoms with Gasteiger partial charge in [0.2, 0.25) is 5.91 Å². The molecule has 5 heteroatoms. The Balaban J connectivity index is 2.42. The maximum atomic E-state index is 11.3. The Labute approximate surface area is 76.8 Å². The van der Waals surface area contributed by atoms with Crippen LogP contribution >= 0.6 is 0 Å². The zero-order chi connectivity index (χ0) is 9.84. The second-order valence-corrected chi connectivity index (χ2v) is 3.15. The Hall–Kier alpha value is -1.10. The van der Waals surface area contributed by atoms with Crippen LogP contribution in [-0.2, 0) is 14.3 Å². The standard InChI is InChI=1S/C8H14N2O3/c1-5-4-9-6(8(12)10-5)3-7(11)13-2/h5-6,9H,3-4H2,1-2H3,(H,10,12)/t5-,6+/m0/s1. The highest BCUT2D eigenvalue weighted by atomic mass is 16.5. The zero-order valence-corrected chi connectivity index (χ0v) is 7.79. The number of esters is 1. The van der Waals surface area contributed by atoms with Crippen molar-refractivity contribution in [2.24, 2.45) is 0 Å². The minimum atomic E-state index is -0.441. The lowest BCUT2D eigenvalue weighted by Gasteiger charge is -2.27. The van der Waals surface area contributed by atoms with Crippen LogP contribution in [0.5, 0.6) is 0 Å². The van der Waals surface area contributed by atoms with Crippen LogP contribution in [0.15, 0.2) is 0 Å². The molecule has 1 aliphatic heterocycles. The third-order valence-electron chi connectivity index (χ3n) is 1.97. The van der Waals surface area contributed by atoms with Gasteiger partial charge in [-0.15, -0.1) is 0 Å². The normalized spacial score (nSPS) is 28.0. The molecule has 1 rings (SSSR count). The molecule has 0 unspecified atom stereocenters. The molecule has 1 heterocycles. The second kappa shape index (κ2) is 4.23. The predicted molar refractivity (Wildman–Crippen MR) is 46.0 cm³/mol. The maximum Gasteiger partial charge on any atom is 0.307 e. The monoisotopic (exact) mass is 186 g/mol. The molecule has 0 bridgehead atoms. The number of carbonyl (C=O) groups is 2. The fraction of sp³-hybridized carbons (Fsp3) is 0.750. The van der Waals surface area contributed by atoms with E-state index in [1.807, 2.05) is 6.92 Å². The molecule has 2 atom stereocenters. The molecule has 0 radical (unpaired) electrons. The first kappa shape index (κ1) is 9.98. The van der Waals surface area contributed by atoms with Crippen LogP contribution in [0, 0.1) is 0 Å². The summed E-state index contributed by atoms with van der Waals surface area (Å²) in [5.74, 6) is -0.508. The lowest BCUT2D eigenvalue weighted by atomic mass is 10.1. The summed E-state index contributed by atoms with van der Waals surface area (Å²) in [5, 5.41) is 5.72. The molecule has 5 nitrogen and oxygen atoms in total. The van der Waals surface area contributed by atoms with Crippen LogP contribution in [-0.4, -0.2) is 37.6 Å². The van der Waals surface area contributed by atoms with Gasteiger partial charge < -0.3 is 15.4 Å². The smallest absolute Gasteiger partial charge is 0.307 e. The summed E-state index contributed by atoms with van der Waals surface area (Å²) in [6.07, 6.45) is 0.0923. The van der Waals surface area contributed by atoms with Crippen molar-refractivity contribution in [1.82, 2.24) is 10.6 Å². The number of rotatable bonds is 2. The molecule has 0 aromatic heterocycles. The molecule has 13 heavy (non-hydrogen) atoms. The third-order valence-corrected chi connectivity index (χ3v) is 1.97. The molecule has 1 saturated heterocycles. The molecule has 0 aromatic rings. The molecule has 74 valence electrons. The van der Waals surface area contributed by atoms with Crippen LogP contribution in [0.4, 0.5) is 0 Å². The summed E-state index contributed by atoms with van der Waals surface area (Å²) in [6.45, 7) is 2.59. The van der Waals surface area contributed by atoms with E-state index in [4.69, 9.17) is 0 Å². The van der Waals surface area contributed by atoms with Crippen molar-refractivity contribution in [3.63, 3.8) is 0 Å². The highest BCUT2D eigenvalue weighted by Gasteiger charge is 2.27. The highest BCUT2D eigenvalue weighted by molar-refractivity contribution is 5.87. The summed E-state index contributed by atoms with van der Waals surface area (Å²) in [7, 11) is 1.31. The van der Waals surface area contributed by atoms with E-state index in [2.05, 4.69) is 15.4 Å². The van der Waals surface area contributed by atoms with Crippen LogP contribution in [0.1, 0.15) is 13.3 Å². The number of piperazine rings is 1. The largest absolute Gasteiger partial charge is 0.469 e. The zero-order valence-electron chi connectivity index (χ0n) is 7.79. The number of carbonyl (C=O) groups excluding carboxylic acids is 2. The maximum absolute atomic E-state index is 11.3. The predicted octanol–water partition coefficient (Wildman–Crippen LogP) is -0.974. The molecular formula is C8H14N2O3. The van der Waals surface area contributed by atoms with E-state index in [-0.39, 0.29) is 24.3 Å². The summed E-state index contributed by atoms with van der Waals surface area (Å²) < 4.78 is 4.47. The number of hydrogen-bond donors (Lipinski definition) is 2. The molecule has 0 spiro atoms. The summed E-state index contributed by atoms with van der Waals surface area (Å²) in [4.78, 5) is 22.1. The quantitative estimate of drug-likeness (QED) is 0.544. The van der Waals surface area contributed by atoms with Gasteiger partial charge >= 0.3 is 5.97 Å². The molecule has 1 fully saturated rings. The molecule has 2 N–H and O–H groups in total. The Morgan fingerprint density at radius 1 is 1.69 bits per heavy atom. The van der Waals surface area contributed by atoms with Crippen LogP contribution in [0.2, 0.25) is 0 Å². The lowest BCUT2D eigenvalue weighted by Crippen LogP contribution is -2.57. The Kier molecular flexibility index (Phi) is 3.25. The van der Waals surface area contributed by atoms with Gasteiger partial charge in [0, 0.05) is 12.6 Å². The van der Waals surface area contributed by atoms with E-state index in [0.29, 0.717) is 6.54 Å². The van der Waals surface area contributed by atoms with Gasteiger partial charge in [0.1, 0.15) is 0 Å². The van der Waals surface area contributed by atoms with Gasteiger partial charge in [-0.3, -0.25) is 9.59 Å². The minimum absolute atomic E-state index is 0.0923. The van der Waals surface area contributed by atoms with E-state index in [0.717, 1.165) is 0 Å².